The maximum Gasteiger partial charge on any atom is 0.236 e. The van der Waals surface area contributed by atoms with E-state index in [0.717, 1.165) is 32.5 Å². The van der Waals surface area contributed by atoms with E-state index in [-0.39, 0.29) is 17.9 Å². The van der Waals surface area contributed by atoms with Crippen molar-refractivity contribution < 1.29 is 9.59 Å². The predicted molar refractivity (Wildman–Crippen MR) is 63.2 cm³/mol. The zero-order chi connectivity index (χ0) is 12.3. The normalized spacial score (nSPS) is 26.1. The Morgan fingerprint density at radius 3 is 2.59 bits per heavy atom. The van der Waals surface area contributed by atoms with Crippen molar-refractivity contribution in [1.29, 1.82) is 0 Å². The van der Waals surface area contributed by atoms with E-state index in [4.69, 9.17) is 5.73 Å². The summed E-state index contributed by atoms with van der Waals surface area (Å²) in [4.78, 5) is 27.0. The molecule has 2 amide bonds. The molecule has 0 bridgehead atoms. The molecule has 2 aliphatic rings. The predicted octanol–water partition coefficient (Wildman–Crippen LogP) is -1.63. The molecular formula is C11H20N4O2. The van der Waals surface area contributed by atoms with Gasteiger partial charge >= 0.3 is 0 Å². The molecule has 1 atom stereocenters. The van der Waals surface area contributed by atoms with Crippen molar-refractivity contribution in [2.75, 3.05) is 39.3 Å². The Balaban J connectivity index is 1.90. The van der Waals surface area contributed by atoms with E-state index >= 15 is 0 Å². The van der Waals surface area contributed by atoms with Crippen LogP contribution >= 0.6 is 0 Å². The minimum Gasteiger partial charge on any atom is -0.368 e. The summed E-state index contributed by atoms with van der Waals surface area (Å²) in [5.41, 5.74) is 5.34. The first-order valence-corrected chi connectivity index (χ1v) is 6.20. The van der Waals surface area contributed by atoms with Crippen LogP contribution in [-0.2, 0) is 9.59 Å². The number of piperazine rings is 1. The highest BCUT2D eigenvalue weighted by Gasteiger charge is 2.30. The third-order valence-corrected chi connectivity index (χ3v) is 3.48. The summed E-state index contributed by atoms with van der Waals surface area (Å²) < 4.78 is 0. The van der Waals surface area contributed by atoms with Crippen molar-refractivity contribution in [3.05, 3.63) is 0 Å². The fourth-order valence-electron chi connectivity index (χ4n) is 2.46. The highest BCUT2D eigenvalue weighted by Crippen LogP contribution is 2.10. The van der Waals surface area contributed by atoms with Gasteiger partial charge in [-0.25, -0.2) is 0 Å². The lowest BCUT2D eigenvalue weighted by atomic mass is 10.2. The van der Waals surface area contributed by atoms with Gasteiger partial charge in [0.2, 0.25) is 11.8 Å². The first kappa shape index (κ1) is 12.3. The number of likely N-dealkylation sites (tertiary alicyclic amines) is 1. The highest BCUT2D eigenvalue weighted by atomic mass is 16.2. The van der Waals surface area contributed by atoms with Crippen molar-refractivity contribution in [3.8, 4) is 0 Å². The second kappa shape index (κ2) is 5.46. The molecule has 6 nitrogen and oxygen atoms in total. The van der Waals surface area contributed by atoms with Gasteiger partial charge in [0, 0.05) is 32.7 Å². The summed E-state index contributed by atoms with van der Waals surface area (Å²) in [5, 5.41) is 3.12. The Bertz CT molecular complexity index is 302. The lowest BCUT2D eigenvalue weighted by Gasteiger charge is -2.34. The Morgan fingerprint density at radius 1 is 1.24 bits per heavy atom. The Kier molecular flexibility index (Phi) is 3.96. The van der Waals surface area contributed by atoms with E-state index in [1.807, 2.05) is 9.80 Å². The number of hydrogen-bond donors (Lipinski definition) is 2. The quantitative estimate of drug-likeness (QED) is 0.621. The van der Waals surface area contributed by atoms with Crippen LogP contribution < -0.4 is 11.1 Å². The standard InChI is InChI=1S/C11H20N4O2/c12-11(17)9-7-13-3-6-15(9)8-10(16)14-4-1-2-5-14/h9,13H,1-8H2,(H2,12,17). The van der Waals surface area contributed by atoms with Crippen LogP contribution in [0.1, 0.15) is 12.8 Å². The molecule has 2 aliphatic heterocycles. The number of nitrogens with one attached hydrogen (secondary N) is 1. The third kappa shape index (κ3) is 2.95. The van der Waals surface area contributed by atoms with Gasteiger partial charge in [-0.2, -0.15) is 0 Å². The van der Waals surface area contributed by atoms with Crippen LogP contribution in [0.3, 0.4) is 0 Å². The number of carbonyl (C=O) groups excluding carboxylic acids is 2. The summed E-state index contributed by atoms with van der Waals surface area (Å²) in [6.45, 7) is 4.07. The molecule has 96 valence electrons. The van der Waals surface area contributed by atoms with E-state index in [0.29, 0.717) is 19.6 Å². The summed E-state index contributed by atoms with van der Waals surface area (Å²) in [5.74, 6) is -0.234. The number of nitrogens with zero attached hydrogens (tertiary/aromatic N) is 2. The Hall–Kier alpha value is -1.14. The van der Waals surface area contributed by atoms with Gasteiger partial charge in [-0.1, -0.05) is 0 Å². The molecule has 17 heavy (non-hydrogen) atoms. The number of rotatable bonds is 3. The van der Waals surface area contributed by atoms with Gasteiger partial charge in [0.05, 0.1) is 6.54 Å². The largest absolute Gasteiger partial charge is 0.368 e. The van der Waals surface area contributed by atoms with E-state index in [2.05, 4.69) is 5.32 Å². The summed E-state index contributed by atoms with van der Waals surface area (Å²) >= 11 is 0. The monoisotopic (exact) mass is 240 g/mol. The fourth-order valence-corrected chi connectivity index (χ4v) is 2.46. The van der Waals surface area contributed by atoms with E-state index in [1.165, 1.54) is 0 Å². The minimum atomic E-state index is -0.355. The van der Waals surface area contributed by atoms with E-state index in [9.17, 15) is 9.59 Å². The summed E-state index contributed by atoms with van der Waals surface area (Å²) in [6, 6.07) is -0.352. The zero-order valence-corrected chi connectivity index (χ0v) is 10.0. The molecule has 0 saturated carbocycles. The number of nitrogens with two attached hydrogens (primary N) is 1. The Morgan fingerprint density at radius 2 is 1.94 bits per heavy atom. The average Bonchev–Trinajstić information content (AvgIpc) is 2.83. The van der Waals surface area contributed by atoms with Crippen molar-refractivity contribution in [2.45, 2.75) is 18.9 Å². The average molecular weight is 240 g/mol. The van der Waals surface area contributed by atoms with Crippen molar-refractivity contribution >= 4 is 11.8 Å². The van der Waals surface area contributed by atoms with Gasteiger partial charge in [-0.3, -0.25) is 14.5 Å². The molecule has 2 fully saturated rings. The number of hydrogen-bond acceptors (Lipinski definition) is 4. The second-order valence-electron chi connectivity index (χ2n) is 4.68. The summed E-state index contributed by atoms with van der Waals surface area (Å²) in [6.07, 6.45) is 2.18. The van der Waals surface area contributed by atoms with Crippen LogP contribution in [0.5, 0.6) is 0 Å². The van der Waals surface area contributed by atoms with Gasteiger partial charge in [-0.05, 0) is 12.8 Å². The fraction of sp³-hybridized carbons (Fsp3) is 0.818. The van der Waals surface area contributed by atoms with Crippen molar-refractivity contribution in [2.24, 2.45) is 5.73 Å². The lowest BCUT2D eigenvalue weighted by Crippen LogP contribution is -2.58. The molecule has 2 heterocycles. The highest BCUT2D eigenvalue weighted by molar-refractivity contribution is 5.83. The number of primary amides is 1. The molecule has 3 N–H and O–H groups in total. The molecule has 2 rings (SSSR count). The van der Waals surface area contributed by atoms with Gasteiger partial charge in [-0.15, -0.1) is 0 Å². The van der Waals surface area contributed by atoms with Gasteiger partial charge < -0.3 is 16.0 Å². The molecular weight excluding hydrogens is 220 g/mol. The van der Waals surface area contributed by atoms with E-state index in [1.54, 1.807) is 0 Å². The molecule has 6 heteroatoms. The minimum absolute atomic E-state index is 0.121. The Labute approximate surface area is 101 Å². The molecule has 0 aromatic heterocycles. The number of amides is 2. The maximum absolute atomic E-state index is 12.0. The molecule has 0 radical (unpaired) electrons. The molecule has 1 unspecified atom stereocenters. The molecule has 0 aromatic rings. The van der Waals surface area contributed by atoms with Gasteiger partial charge in [0.25, 0.3) is 0 Å². The van der Waals surface area contributed by atoms with Crippen LogP contribution in [0.4, 0.5) is 0 Å². The third-order valence-electron chi connectivity index (χ3n) is 3.48. The smallest absolute Gasteiger partial charge is 0.236 e. The zero-order valence-electron chi connectivity index (χ0n) is 10.0. The van der Waals surface area contributed by atoms with Gasteiger partial charge in [0.1, 0.15) is 6.04 Å². The maximum atomic E-state index is 12.0. The van der Waals surface area contributed by atoms with Crippen LogP contribution in [0.2, 0.25) is 0 Å². The van der Waals surface area contributed by atoms with Crippen LogP contribution in [0, 0.1) is 0 Å². The first-order chi connectivity index (χ1) is 8.18. The van der Waals surface area contributed by atoms with Gasteiger partial charge in [0.15, 0.2) is 0 Å². The second-order valence-corrected chi connectivity index (χ2v) is 4.68. The topological polar surface area (TPSA) is 78.7 Å². The van der Waals surface area contributed by atoms with Crippen LogP contribution in [-0.4, -0.2) is 66.9 Å². The lowest BCUT2D eigenvalue weighted by molar-refractivity contribution is -0.133. The van der Waals surface area contributed by atoms with Crippen molar-refractivity contribution in [3.63, 3.8) is 0 Å². The molecule has 2 saturated heterocycles. The SMILES string of the molecule is NC(=O)C1CNCCN1CC(=O)N1CCCC1. The van der Waals surface area contributed by atoms with Crippen LogP contribution in [0.25, 0.3) is 0 Å². The molecule has 0 aliphatic carbocycles. The van der Waals surface area contributed by atoms with E-state index < -0.39 is 0 Å². The molecule has 0 aromatic carbocycles. The van der Waals surface area contributed by atoms with Crippen molar-refractivity contribution in [1.82, 2.24) is 15.1 Å². The molecule has 0 spiro atoms. The number of carbonyl (C=O) groups is 2. The first-order valence-electron chi connectivity index (χ1n) is 6.20. The van der Waals surface area contributed by atoms with Crippen LogP contribution in [0.15, 0.2) is 0 Å². The summed E-state index contributed by atoms with van der Waals surface area (Å²) in [7, 11) is 0.